The van der Waals surface area contributed by atoms with Crippen LogP contribution in [0.25, 0.3) is 0 Å². The van der Waals surface area contributed by atoms with Crippen molar-refractivity contribution in [2.75, 3.05) is 32.7 Å². The summed E-state index contributed by atoms with van der Waals surface area (Å²) in [5.74, 6) is -2.94. The molecule has 24 heavy (non-hydrogen) atoms. The predicted octanol–water partition coefficient (Wildman–Crippen LogP) is 0.758. The second kappa shape index (κ2) is 9.64. The third-order valence-corrected chi connectivity index (χ3v) is 3.57. The Morgan fingerprint density at radius 1 is 1.08 bits per heavy atom. The van der Waals surface area contributed by atoms with Gasteiger partial charge >= 0.3 is 17.9 Å². The van der Waals surface area contributed by atoms with E-state index in [1.807, 2.05) is 0 Å². The minimum Gasteiger partial charge on any atom is -0.481 e. The van der Waals surface area contributed by atoms with E-state index < -0.39 is 17.9 Å². The summed E-state index contributed by atoms with van der Waals surface area (Å²) in [6, 6.07) is 4.01. The summed E-state index contributed by atoms with van der Waals surface area (Å²) in [5, 5.41) is 28.9. The minimum atomic E-state index is -1.12. The number of hydrogen-bond donors (Lipinski definition) is 4. The van der Waals surface area contributed by atoms with E-state index in [0.717, 1.165) is 32.2 Å². The van der Waals surface area contributed by atoms with Gasteiger partial charge in [0.1, 0.15) is 0 Å². The van der Waals surface area contributed by atoms with Gasteiger partial charge in [0.2, 0.25) is 0 Å². The largest absolute Gasteiger partial charge is 0.481 e. The highest BCUT2D eigenvalue weighted by Gasteiger charge is 2.11. The highest BCUT2D eigenvalue weighted by Crippen LogP contribution is 2.11. The van der Waals surface area contributed by atoms with E-state index in [2.05, 4.69) is 10.2 Å². The summed E-state index contributed by atoms with van der Waals surface area (Å²) in [6.45, 7) is 6.24. The fourth-order valence-electron chi connectivity index (χ4n) is 2.17. The molecule has 8 nitrogen and oxygen atoms in total. The lowest BCUT2D eigenvalue weighted by Crippen LogP contribution is -2.44. The first kappa shape index (κ1) is 19.6. The maximum absolute atomic E-state index is 10.6. The average Bonchev–Trinajstić information content (AvgIpc) is 2.54. The molecule has 1 aromatic carbocycles. The van der Waals surface area contributed by atoms with Crippen LogP contribution in [0.3, 0.4) is 0 Å². The molecule has 1 saturated heterocycles. The Kier molecular flexibility index (Phi) is 7.87. The number of hydrogen-bond acceptors (Lipinski definition) is 5. The molecule has 8 heteroatoms. The number of nitrogens with one attached hydrogen (secondary N) is 1. The molecule has 0 unspecified atom stereocenters. The lowest BCUT2D eigenvalue weighted by molar-refractivity contribution is -0.137. The van der Waals surface area contributed by atoms with E-state index in [-0.39, 0.29) is 17.5 Å². The highest BCUT2D eigenvalue weighted by molar-refractivity contribution is 5.94. The van der Waals surface area contributed by atoms with Gasteiger partial charge in [0, 0.05) is 32.7 Å². The number of rotatable bonds is 5. The molecular formula is C16H22N2O6. The van der Waals surface area contributed by atoms with E-state index in [1.54, 1.807) is 6.92 Å². The van der Waals surface area contributed by atoms with Crippen molar-refractivity contribution in [3.63, 3.8) is 0 Å². The smallest absolute Gasteiger partial charge is 0.335 e. The van der Waals surface area contributed by atoms with Crippen LogP contribution in [-0.2, 0) is 4.79 Å². The summed E-state index contributed by atoms with van der Waals surface area (Å²) in [4.78, 5) is 33.5. The lowest BCUT2D eigenvalue weighted by Gasteiger charge is -2.26. The van der Waals surface area contributed by atoms with Gasteiger partial charge in [-0.3, -0.25) is 4.79 Å². The molecule has 0 saturated carbocycles. The molecule has 0 atom stereocenters. The topological polar surface area (TPSA) is 127 Å². The molecule has 1 aliphatic heterocycles. The molecule has 132 valence electrons. The van der Waals surface area contributed by atoms with Gasteiger partial charge in [0.25, 0.3) is 0 Å². The van der Waals surface area contributed by atoms with Crippen molar-refractivity contribution in [1.82, 2.24) is 10.2 Å². The molecule has 1 heterocycles. The first-order valence-electron chi connectivity index (χ1n) is 7.53. The lowest BCUT2D eigenvalue weighted by atomic mass is 10.1. The third-order valence-electron chi connectivity index (χ3n) is 3.57. The molecule has 0 amide bonds. The number of nitrogens with zero attached hydrogens (tertiary/aromatic N) is 1. The van der Waals surface area contributed by atoms with Crippen LogP contribution in [-0.4, -0.2) is 70.9 Å². The summed E-state index contributed by atoms with van der Waals surface area (Å²) >= 11 is 0. The number of aliphatic carboxylic acids is 1. The normalized spacial score (nSPS) is 14.4. The number of carboxylic acid groups (broad SMARTS) is 3. The minimum absolute atomic E-state index is 0.0111. The molecule has 0 aliphatic carbocycles. The molecule has 1 fully saturated rings. The molecule has 4 N–H and O–H groups in total. The Bertz CT molecular complexity index is 596. The zero-order valence-corrected chi connectivity index (χ0v) is 13.5. The van der Waals surface area contributed by atoms with E-state index in [1.165, 1.54) is 12.1 Å². The fourth-order valence-corrected chi connectivity index (χ4v) is 2.17. The van der Waals surface area contributed by atoms with Crippen molar-refractivity contribution < 1.29 is 29.7 Å². The Labute approximate surface area is 139 Å². The van der Waals surface area contributed by atoms with Crippen LogP contribution < -0.4 is 5.32 Å². The van der Waals surface area contributed by atoms with Crippen LogP contribution in [0.5, 0.6) is 0 Å². The Morgan fingerprint density at radius 2 is 1.71 bits per heavy atom. The molecule has 0 radical (unpaired) electrons. The van der Waals surface area contributed by atoms with Crippen LogP contribution in [0.15, 0.2) is 18.2 Å². The van der Waals surface area contributed by atoms with E-state index in [4.69, 9.17) is 15.3 Å². The van der Waals surface area contributed by atoms with Crippen molar-refractivity contribution >= 4 is 17.9 Å². The number of carbonyl (C=O) groups is 3. The van der Waals surface area contributed by atoms with Crippen molar-refractivity contribution in [2.24, 2.45) is 0 Å². The van der Waals surface area contributed by atoms with Crippen LogP contribution in [0, 0.1) is 6.92 Å². The van der Waals surface area contributed by atoms with Crippen molar-refractivity contribution in [1.29, 1.82) is 0 Å². The summed E-state index contributed by atoms with van der Waals surface area (Å²) < 4.78 is 0. The first-order chi connectivity index (χ1) is 11.3. The van der Waals surface area contributed by atoms with Gasteiger partial charge in [-0.2, -0.15) is 0 Å². The molecular weight excluding hydrogens is 316 g/mol. The number of aromatic carboxylic acids is 2. The average molecular weight is 338 g/mol. The van der Waals surface area contributed by atoms with Gasteiger partial charge in [-0.05, 0) is 24.6 Å². The molecule has 2 rings (SSSR count). The van der Waals surface area contributed by atoms with Crippen LogP contribution in [0.1, 0.15) is 32.7 Å². The van der Waals surface area contributed by atoms with E-state index in [9.17, 15) is 14.4 Å². The number of benzene rings is 1. The Hall–Kier alpha value is -2.45. The first-order valence-corrected chi connectivity index (χ1v) is 7.53. The number of piperazine rings is 1. The van der Waals surface area contributed by atoms with E-state index >= 15 is 0 Å². The molecule has 0 spiro atoms. The van der Waals surface area contributed by atoms with Crippen LogP contribution >= 0.6 is 0 Å². The molecule has 1 aliphatic rings. The number of carboxylic acids is 3. The fraction of sp³-hybridized carbons (Fsp3) is 0.438. The Balaban J connectivity index is 0.000000243. The summed E-state index contributed by atoms with van der Waals surface area (Å²) in [7, 11) is 0. The van der Waals surface area contributed by atoms with Gasteiger partial charge < -0.3 is 25.5 Å². The van der Waals surface area contributed by atoms with Crippen LogP contribution in [0.4, 0.5) is 0 Å². The molecule has 0 bridgehead atoms. The van der Waals surface area contributed by atoms with Gasteiger partial charge in [0.15, 0.2) is 0 Å². The maximum atomic E-state index is 10.6. The third kappa shape index (κ3) is 6.76. The molecule has 1 aromatic rings. The van der Waals surface area contributed by atoms with Gasteiger partial charge in [-0.25, -0.2) is 9.59 Å². The summed E-state index contributed by atoms with van der Waals surface area (Å²) in [5.41, 5.74) is 0.570. The van der Waals surface area contributed by atoms with Crippen LogP contribution in [0.2, 0.25) is 0 Å². The van der Waals surface area contributed by atoms with Gasteiger partial charge in [-0.1, -0.05) is 6.07 Å². The second-order valence-corrected chi connectivity index (χ2v) is 5.38. The van der Waals surface area contributed by atoms with Crippen molar-refractivity contribution in [3.05, 3.63) is 34.9 Å². The summed E-state index contributed by atoms with van der Waals surface area (Å²) in [6.07, 6.45) is 0.264. The van der Waals surface area contributed by atoms with Gasteiger partial charge in [-0.15, -0.1) is 0 Å². The Morgan fingerprint density at radius 3 is 2.21 bits per heavy atom. The SMILES string of the molecule is Cc1ccc(C(=O)O)cc1C(=O)O.O=C(O)CCN1CCNCC1. The van der Waals surface area contributed by atoms with E-state index in [0.29, 0.717) is 12.1 Å². The number of aryl methyl sites for hydroxylation is 1. The zero-order chi connectivity index (χ0) is 18.1. The molecule has 0 aromatic heterocycles. The zero-order valence-electron chi connectivity index (χ0n) is 13.5. The van der Waals surface area contributed by atoms with Crippen molar-refractivity contribution in [2.45, 2.75) is 13.3 Å². The van der Waals surface area contributed by atoms with Crippen molar-refractivity contribution in [3.8, 4) is 0 Å². The standard InChI is InChI=1S/C9H8O4.C7H14N2O2/c1-5-2-3-6(8(10)11)4-7(5)9(12)13;10-7(11)1-4-9-5-2-8-3-6-9/h2-4H,1H3,(H,10,11)(H,12,13);8H,1-6H2,(H,10,11). The maximum Gasteiger partial charge on any atom is 0.335 e. The predicted molar refractivity (Wildman–Crippen MR) is 86.7 cm³/mol. The van der Waals surface area contributed by atoms with Gasteiger partial charge in [0.05, 0.1) is 17.5 Å². The second-order valence-electron chi connectivity index (χ2n) is 5.38. The highest BCUT2D eigenvalue weighted by atomic mass is 16.4. The quantitative estimate of drug-likeness (QED) is 0.619. The monoisotopic (exact) mass is 338 g/mol.